The molecule has 0 saturated heterocycles. The molecule has 3 N–H and O–H groups in total. The van der Waals surface area contributed by atoms with Gasteiger partial charge in [0.2, 0.25) is 5.95 Å². The number of carbonyl (C=O) groups is 1. The average molecular weight is 293 g/mol. The van der Waals surface area contributed by atoms with Gasteiger partial charge >= 0.3 is 5.97 Å². The van der Waals surface area contributed by atoms with Gasteiger partial charge in [0.05, 0.1) is 17.0 Å². The van der Waals surface area contributed by atoms with Crippen molar-refractivity contribution in [2.45, 2.75) is 5.16 Å². The Balaban J connectivity index is 2.44. The molecule has 0 fully saturated rings. The highest BCUT2D eigenvalue weighted by molar-refractivity contribution is 7.99. The molecule has 0 unspecified atom stereocenters. The van der Waals surface area contributed by atoms with Gasteiger partial charge in [0.25, 0.3) is 0 Å². The number of hydrogen-bond donors (Lipinski definition) is 2. The van der Waals surface area contributed by atoms with Crippen LogP contribution in [0.25, 0.3) is 5.69 Å². The van der Waals surface area contributed by atoms with Crippen molar-refractivity contribution in [3.63, 3.8) is 0 Å². The fraction of sp³-hybridized carbons (Fsp3) is 0.0909. The van der Waals surface area contributed by atoms with Crippen molar-refractivity contribution in [3.05, 3.63) is 29.6 Å². The second kappa shape index (κ2) is 5.58. The Labute approximate surface area is 116 Å². The lowest BCUT2D eigenvalue weighted by atomic mass is 10.2. The molecule has 1 aromatic heterocycles. The van der Waals surface area contributed by atoms with Gasteiger partial charge in [0.1, 0.15) is 11.9 Å². The van der Waals surface area contributed by atoms with Gasteiger partial charge < -0.3 is 10.8 Å². The van der Waals surface area contributed by atoms with Crippen LogP contribution in [0.3, 0.4) is 0 Å². The van der Waals surface area contributed by atoms with Crippen LogP contribution in [0.15, 0.2) is 23.4 Å². The number of nitrogens with zero attached hydrogens (tertiary/aromatic N) is 4. The van der Waals surface area contributed by atoms with E-state index in [1.165, 1.54) is 16.7 Å². The molecule has 7 nitrogen and oxygen atoms in total. The maximum absolute atomic E-state index is 13.3. The first-order chi connectivity index (χ1) is 9.52. The van der Waals surface area contributed by atoms with E-state index < -0.39 is 11.8 Å². The van der Waals surface area contributed by atoms with Gasteiger partial charge in [-0.15, -0.1) is 10.2 Å². The largest absolute Gasteiger partial charge is 0.481 e. The second-order valence-electron chi connectivity index (χ2n) is 3.63. The normalized spacial score (nSPS) is 10.2. The predicted molar refractivity (Wildman–Crippen MR) is 68.8 cm³/mol. The number of nitrogens with two attached hydrogens (primary N) is 1. The molecule has 0 spiro atoms. The van der Waals surface area contributed by atoms with E-state index in [1.807, 2.05) is 0 Å². The van der Waals surface area contributed by atoms with Gasteiger partial charge in [0, 0.05) is 0 Å². The average Bonchev–Trinajstić information content (AvgIpc) is 2.78. The van der Waals surface area contributed by atoms with E-state index in [9.17, 15) is 9.18 Å². The first-order valence-corrected chi connectivity index (χ1v) is 6.27. The molecule has 9 heteroatoms. The van der Waals surface area contributed by atoms with Gasteiger partial charge in [-0.1, -0.05) is 11.8 Å². The van der Waals surface area contributed by atoms with Crippen molar-refractivity contribution < 1.29 is 14.3 Å². The first kappa shape index (κ1) is 13.8. The van der Waals surface area contributed by atoms with Crippen LogP contribution in [0.1, 0.15) is 5.56 Å². The van der Waals surface area contributed by atoms with E-state index in [0.29, 0.717) is 5.69 Å². The minimum Gasteiger partial charge on any atom is -0.481 e. The molecular weight excluding hydrogens is 285 g/mol. The molecule has 0 aliphatic rings. The lowest BCUT2D eigenvalue weighted by Crippen LogP contribution is -2.05. The number of carboxylic acid groups (broad SMARTS) is 1. The molecular formula is C11H8FN5O2S. The molecule has 20 heavy (non-hydrogen) atoms. The molecule has 2 aromatic rings. The number of nitriles is 1. The molecule has 0 bridgehead atoms. The SMILES string of the molecule is N#Cc1cc(-n2c(N)nnc2SCC(=O)O)ccc1F. The first-order valence-electron chi connectivity index (χ1n) is 5.28. The van der Waals surface area contributed by atoms with E-state index in [1.54, 1.807) is 6.07 Å². The lowest BCUT2D eigenvalue weighted by Gasteiger charge is -2.07. The van der Waals surface area contributed by atoms with Gasteiger partial charge in [-0.3, -0.25) is 9.36 Å². The number of benzene rings is 1. The van der Waals surface area contributed by atoms with Crippen LogP contribution in [-0.4, -0.2) is 31.6 Å². The number of rotatable bonds is 4. The van der Waals surface area contributed by atoms with Crippen LogP contribution in [0.4, 0.5) is 10.3 Å². The highest BCUT2D eigenvalue weighted by Crippen LogP contribution is 2.24. The summed E-state index contributed by atoms with van der Waals surface area (Å²) in [6, 6.07) is 5.53. The molecule has 0 saturated carbocycles. The summed E-state index contributed by atoms with van der Waals surface area (Å²) >= 11 is 0.922. The summed E-state index contributed by atoms with van der Waals surface area (Å²) in [5.74, 6) is -1.86. The third-order valence-electron chi connectivity index (χ3n) is 2.31. The molecule has 1 heterocycles. The van der Waals surface area contributed by atoms with Crippen LogP contribution in [0, 0.1) is 17.1 Å². The number of hydrogen-bond acceptors (Lipinski definition) is 6. The standard InChI is InChI=1S/C11H8FN5O2S/c12-8-2-1-7(3-6(8)4-13)17-10(14)15-16-11(17)20-5-9(18)19/h1-3H,5H2,(H2,14,15)(H,18,19). The number of aromatic nitrogens is 3. The summed E-state index contributed by atoms with van der Waals surface area (Å²) in [6.07, 6.45) is 0. The minimum atomic E-state index is -1.01. The number of anilines is 1. The Morgan fingerprint density at radius 3 is 2.95 bits per heavy atom. The van der Waals surface area contributed by atoms with Gasteiger partial charge in [-0.05, 0) is 18.2 Å². The molecule has 0 radical (unpaired) electrons. The fourth-order valence-corrected chi connectivity index (χ4v) is 2.16. The van der Waals surface area contributed by atoms with E-state index in [2.05, 4.69) is 10.2 Å². The highest BCUT2D eigenvalue weighted by Gasteiger charge is 2.15. The number of aliphatic carboxylic acids is 1. The monoisotopic (exact) mass is 293 g/mol. The smallest absolute Gasteiger partial charge is 0.313 e. The third-order valence-corrected chi connectivity index (χ3v) is 3.23. The van der Waals surface area contributed by atoms with E-state index in [0.717, 1.165) is 17.8 Å². The quantitative estimate of drug-likeness (QED) is 0.808. The van der Waals surface area contributed by atoms with Crippen molar-refractivity contribution in [1.82, 2.24) is 14.8 Å². The number of nitrogen functional groups attached to an aromatic ring is 1. The number of halogens is 1. The zero-order valence-corrected chi connectivity index (χ0v) is 10.8. The van der Waals surface area contributed by atoms with Crippen molar-refractivity contribution >= 4 is 23.7 Å². The van der Waals surface area contributed by atoms with Crippen LogP contribution >= 0.6 is 11.8 Å². The summed E-state index contributed by atoms with van der Waals surface area (Å²) in [7, 11) is 0. The molecule has 1 aromatic carbocycles. The van der Waals surface area contributed by atoms with Crippen molar-refractivity contribution in [1.29, 1.82) is 5.26 Å². The van der Waals surface area contributed by atoms with Crippen LogP contribution in [0.5, 0.6) is 0 Å². The lowest BCUT2D eigenvalue weighted by molar-refractivity contribution is -0.133. The molecule has 0 atom stereocenters. The Morgan fingerprint density at radius 1 is 1.55 bits per heavy atom. The Bertz CT molecular complexity index is 709. The van der Waals surface area contributed by atoms with E-state index in [-0.39, 0.29) is 22.4 Å². The highest BCUT2D eigenvalue weighted by atomic mass is 32.2. The van der Waals surface area contributed by atoms with Gasteiger partial charge in [-0.2, -0.15) is 5.26 Å². The second-order valence-corrected chi connectivity index (χ2v) is 4.58. The predicted octanol–water partition coefficient (Wildman–Crippen LogP) is 1.04. The fourth-order valence-electron chi connectivity index (χ4n) is 1.48. The Kier molecular flexibility index (Phi) is 3.86. The zero-order valence-electron chi connectivity index (χ0n) is 9.95. The van der Waals surface area contributed by atoms with Crippen LogP contribution < -0.4 is 5.73 Å². The Hall–Kier alpha value is -2.60. The molecule has 2 rings (SSSR count). The van der Waals surface area contributed by atoms with E-state index in [4.69, 9.17) is 16.1 Å². The van der Waals surface area contributed by atoms with Crippen molar-refractivity contribution in [2.24, 2.45) is 0 Å². The summed E-state index contributed by atoms with van der Waals surface area (Å²) in [5.41, 5.74) is 5.90. The van der Waals surface area contributed by atoms with Gasteiger partial charge in [-0.25, -0.2) is 4.39 Å². The number of thioether (sulfide) groups is 1. The van der Waals surface area contributed by atoms with E-state index >= 15 is 0 Å². The molecule has 0 amide bonds. The van der Waals surface area contributed by atoms with Crippen LogP contribution in [0.2, 0.25) is 0 Å². The van der Waals surface area contributed by atoms with Crippen LogP contribution in [-0.2, 0) is 4.79 Å². The maximum atomic E-state index is 13.3. The molecule has 102 valence electrons. The topological polar surface area (TPSA) is 118 Å². The summed E-state index contributed by atoms with van der Waals surface area (Å²) < 4.78 is 14.6. The minimum absolute atomic E-state index is 0.0217. The zero-order chi connectivity index (χ0) is 14.7. The Morgan fingerprint density at radius 2 is 2.30 bits per heavy atom. The molecule has 0 aliphatic heterocycles. The summed E-state index contributed by atoms with van der Waals surface area (Å²) in [6.45, 7) is 0. The third kappa shape index (κ3) is 2.70. The van der Waals surface area contributed by atoms with Crippen molar-refractivity contribution in [2.75, 3.05) is 11.5 Å². The summed E-state index contributed by atoms with van der Waals surface area (Å²) in [5, 5.41) is 25.1. The maximum Gasteiger partial charge on any atom is 0.313 e. The molecule has 0 aliphatic carbocycles. The summed E-state index contributed by atoms with van der Waals surface area (Å²) in [4.78, 5) is 10.6. The van der Waals surface area contributed by atoms with Crippen molar-refractivity contribution in [3.8, 4) is 11.8 Å². The van der Waals surface area contributed by atoms with Gasteiger partial charge in [0.15, 0.2) is 5.16 Å². The number of carboxylic acids is 1.